The van der Waals surface area contributed by atoms with Crippen LogP contribution in [0, 0.1) is 0 Å². The van der Waals surface area contributed by atoms with Gasteiger partial charge in [0.05, 0.1) is 17.1 Å². The number of aryl methyl sites for hydroxylation is 1. The maximum absolute atomic E-state index is 6.46. The van der Waals surface area contributed by atoms with Crippen molar-refractivity contribution in [3.05, 3.63) is 65.3 Å². The maximum atomic E-state index is 6.46. The number of nitrogens with zero attached hydrogens (tertiary/aromatic N) is 7. The van der Waals surface area contributed by atoms with Gasteiger partial charge in [-0.3, -0.25) is 4.90 Å². The summed E-state index contributed by atoms with van der Waals surface area (Å²) in [6, 6.07) is 17.5. The van der Waals surface area contributed by atoms with Gasteiger partial charge in [-0.25, -0.2) is 19.6 Å². The van der Waals surface area contributed by atoms with Crippen LogP contribution in [0.3, 0.4) is 0 Å². The van der Waals surface area contributed by atoms with E-state index >= 15 is 0 Å². The molecular weight excluding hydrogens is 581 g/mol. The quantitative estimate of drug-likeness (QED) is 0.200. The molecule has 11 heteroatoms. The Morgan fingerprint density at radius 3 is 2.38 bits per heavy atom. The average molecular weight is 623 g/mol. The van der Waals surface area contributed by atoms with Crippen molar-refractivity contribution in [2.45, 2.75) is 57.7 Å². The molecule has 1 saturated heterocycles. The van der Waals surface area contributed by atoms with Gasteiger partial charge in [-0.05, 0) is 56.8 Å². The summed E-state index contributed by atoms with van der Waals surface area (Å²) in [5.41, 5.74) is 19.3. The molecule has 2 aliphatic rings. The summed E-state index contributed by atoms with van der Waals surface area (Å²) in [4.78, 5) is 20.3. The van der Waals surface area contributed by atoms with E-state index in [9.17, 15) is 0 Å². The SMILES string of the molecule is CCc1sc(Nc2ccc(-c3nn([C@H]4CC[C@@H](N5CCN(C)CC5)CC4)c4ncnc(N)c34)cc2)nc1-c1ccccc1CN. The molecule has 0 spiro atoms. The smallest absolute Gasteiger partial charge is 0.187 e. The van der Waals surface area contributed by atoms with Crippen LogP contribution in [0.4, 0.5) is 16.6 Å². The molecule has 2 aromatic carbocycles. The minimum absolute atomic E-state index is 0.302. The third-order valence-corrected chi connectivity index (χ3v) is 10.6. The van der Waals surface area contributed by atoms with Gasteiger partial charge in [0.15, 0.2) is 10.8 Å². The normalized spacial score (nSPS) is 19.7. The maximum Gasteiger partial charge on any atom is 0.187 e. The van der Waals surface area contributed by atoms with E-state index in [2.05, 4.69) is 80.1 Å². The van der Waals surface area contributed by atoms with E-state index in [-0.39, 0.29) is 0 Å². The van der Waals surface area contributed by atoms with Crippen LogP contribution in [0.2, 0.25) is 0 Å². The van der Waals surface area contributed by atoms with Gasteiger partial charge in [-0.15, -0.1) is 11.3 Å². The van der Waals surface area contributed by atoms with E-state index in [1.165, 1.54) is 30.8 Å². The van der Waals surface area contributed by atoms with Gasteiger partial charge < -0.3 is 21.7 Å². The first-order valence-electron chi connectivity index (χ1n) is 16.1. The zero-order valence-corrected chi connectivity index (χ0v) is 26.9. The van der Waals surface area contributed by atoms with Crippen molar-refractivity contribution >= 4 is 39.0 Å². The third kappa shape index (κ3) is 5.93. The minimum atomic E-state index is 0.302. The van der Waals surface area contributed by atoms with Gasteiger partial charge in [-0.2, -0.15) is 5.10 Å². The molecular formula is C34H42N10S. The highest BCUT2D eigenvalue weighted by atomic mass is 32.1. The Morgan fingerprint density at radius 2 is 1.64 bits per heavy atom. The lowest BCUT2D eigenvalue weighted by molar-refractivity contribution is 0.0815. The molecule has 1 aliphatic heterocycles. The molecule has 0 amide bonds. The van der Waals surface area contributed by atoms with Crippen molar-refractivity contribution in [2.24, 2.45) is 5.73 Å². The van der Waals surface area contributed by atoms with Crippen molar-refractivity contribution in [3.8, 4) is 22.5 Å². The molecule has 2 fully saturated rings. The van der Waals surface area contributed by atoms with Gasteiger partial charge in [0, 0.05) is 60.5 Å². The number of fused-ring (bicyclic) bond motifs is 1. The van der Waals surface area contributed by atoms with E-state index in [4.69, 9.17) is 21.5 Å². The molecule has 1 aliphatic carbocycles. The molecule has 10 nitrogen and oxygen atoms in total. The van der Waals surface area contributed by atoms with Crippen LogP contribution >= 0.6 is 11.3 Å². The van der Waals surface area contributed by atoms with Crippen molar-refractivity contribution in [3.63, 3.8) is 0 Å². The molecule has 0 atom stereocenters. The van der Waals surface area contributed by atoms with Gasteiger partial charge in [0.25, 0.3) is 0 Å². The minimum Gasteiger partial charge on any atom is -0.383 e. The number of aromatic nitrogens is 5. The first-order valence-corrected chi connectivity index (χ1v) is 16.9. The Kier molecular flexibility index (Phi) is 8.50. The second-order valence-corrected chi connectivity index (χ2v) is 13.3. The summed E-state index contributed by atoms with van der Waals surface area (Å²) in [6.07, 6.45) is 7.01. The van der Waals surface area contributed by atoms with Crippen LogP contribution in [-0.2, 0) is 13.0 Å². The molecule has 234 valence electrons. The van der Waals surface area contributed by atoms with Crippen LogP contribution in [0.5, 0.6) is 0 Å². The summed E-state index contributed by atoms with van der Waals surface area (Å²) < 4.78 is 2.12. The number of anilines is 3. The summed E-state index contributed by atoms with van der Waals surface area (Å²) in [7, 11) is 2.22. The molecule has 5 N–H and O–H groups in total. The molecule has 0 bridgehead atoms. The summed E-state index contributed by atoms with van der Waals surface area (Å²) in [6.45, 7) is 7.30. The van der Waals surface area contributed by atoms with Crippen molar-refractivity contribution < 1.29 is 0 Å². The van der Waals surface area contributed by atoms with Crippen LogP contribution < -0.4 is 16.8 Å². The first-order chi connectivity index (χ1) is 22.0. The Bertz CT molecular complexity index is 1760. The molecule has 0 radical (unpaired) electrons. The lowest BCUT2D eigenvalue weighted by atomic mass is 9.90. The van der Waals surface area contributed by atoms with E-state index in [1.54, 1.807) is 17.7 Å². The topological polar surface area (TPSA) is 127 Å². The number of rotatable bonds is 8. The molecule has 5 aromatic rings. The number of hydrogen-bond donors (Lipinski definition) is 3. The number of likely N-dealkylation sites (N-methyl/N-ethyl adjacent to an activating group) is 1. The number of nitrogen functional groups attached to an aromatic ring is 1. The Balaban J connectivity index is 1.11. The largest absolute Gasteiger partial charge is 0.383 e. The molecule has 45 heavy (non-hydrogen) atoms. The van der Waals surface area contributed by atoms with Gasteiger partial charge in [0.2, 0.25) is 0 Å². The Morgan fingerprint density at radius 1 is 0.911 bits per heavy atom. The fourth-order valence-corrected chi connectivity index (χ4v) is 7.86. The van der Waals surface area contributed by atoms with Crippen molar-refractivity contribution in [2.75, 3.05) is 44.3 Å². The summed E-state index contributed by atoms with van der Waals surface area (Å²) >= 11 is 1.68. The van der Waals surface area contributed by atoms with E-state index < -0.39 is 0 Å². The highest BCUT2D eigenvalue weighted by Crippen LogP contribution is 2.38. The van der Waals surface area contributed by atoms with Crippen LogP contribution in [0.25, 0.3) is 33.5 Å². The number of nitrogens with two attached hydrogens (primary N) is 2. The van der Waals surface area contributed by atoms with Gasteiger partial charge in [-0.1, -0.05) is 43.3 Å². The Hall–Kier alpha value is -3.90. The molecule has 1 saturated carbocycles. The van der Waals surface area contributed by atoms with Gasteiger partial charge in [0.1, 0.15) is 17.8 Å². The predicted octanol–water partition coefficient (Wildman–Crippen LogP) is 5.69. The van der Waals surface area contributed by atoms with Crippen molar-refractivity contribution in [1.82, 2.24) is 34.5 Å². The number of thiazole rings is 1. The number of nitrogens with one attached hydrogen (secondary N) is 1. The van der Waals surface area contributed by atoms with Crippen LogP contribution in [0.15, 0.2) is 54.9 Å². The fourth-order valence-electron chi connectivity index (χ4n) is 6.93. The lowest BCUT2D eigenvalue weighted by Crippen LogP contribution is -2.49. The average Bonchev–Trinajstić information content (AvgIpc) is 3.68. The highest BCUT2D eigenvalue weighted by molar-refractivity contribution is 7.16. The van der Waals surface area contributed by atoms with Crippen LogP contribution in [0.1, 0.15) is 49.1 Å². The van der Waals surface area contributed by atoms with Crippen LogP contribution in [-0.4, -0.2) is 73.8 Å². The predicted molar refractivity (Wildman–Crippen MR) is 184 cm³/mol. The number of benzene rings is 2. The van der Waals surface area contributed by atoms with E-state index in [0.717, 1.165) is 82.3 Å². The molecule has 3 aromatic heterocycles. The fraction of sp³-hybridized carbons (Fsp3) is 0.412. The number of hydrogen-bond acceptors (Lipinski definition) is 10. The van der Waals surface area contributed by atoms with E-state index in [1.807, 2.05) is 12.1 Å². The molecule has 7 rings (SSSR count). The summed E-state index contributed by atoms with van der Waals surface area (Å²) in [5.74, 6) is 0.467. The first kappa shape index (κ1) is 29.8. The molecule has 0 unspecified atom stereocenters. The summed E-state index contributed by atoms with van der Waals surface area (Å²) in [5, 5.41) is 10.4. The second kappa shape index (κ2) is 12.8. The highest BCUT2D eigenvalue weighted by Gasteiger charge is 2.30. The second-order valence-electron chi connectivity index (χ2n) is 12.3. The van der Waals surface area contributed by atoms with E-state index in [0.29, 0.717) is 24.4 Å². The third-order valence-electron chi connectivity index (χ3n) is 9.50. The standard InChI is InChI=1S/C34H42N10S/c1-3-28-31(27-7-5-4-6-23(27)20-35)40-34(45-28)39-24-10-8-22(9-11-24)30-29-32(36)37-21-38-33(29)44(41-30)26-14-12-25(13-15-26)43-18-16-42(2)17-19-43/h4-11,21,25-26H,3,12-20,35H2,1-2H3,(H,39,40)(H2,36,37,38)/t25-,26+. The molecule has 4 heterocycles. The Labute approximate surface area is 268 Å². The lowest BCUT2D eigenvalue weighted by Gasteiger charge is -2.41. The monoisotopic (exact) mass is 622 g/mol. The van der Waals surface area contributed by atoms with Crippen molar-refractivity contribution in [1.29, 1.82) is 0 Å². The zero-order valence-electron chi connectivity index (χ0n) is 26.1. The van der Waals surface area contributed by atoms with Gasteiger partial charge >= 0.3 is 0 Å². The number of piperazine rings is 1. The zero-order chi connectivity index (χ0) is 30.9.